The van der Waals surface area contributed by atoms with Gasteiger partial charge in [-0.15, -0.1) is 0 Å². The Balaban J connectivity index is 3.02. The Kier molecular flexibility index (Phi) is 4.72. The molecule has 4 N–H and O–H groups in total. The van der Waals surface area contributed by atoms with Gasteiger partial charge >= 0.3 is 0 Å². The fourth-order valence-electron chi connectivity index (χ4n) is 1.60. The van der Waals surface area contributed by atoms with Crippen molar-refractivity contribution >= 4 is 11.5 Å². The van der Waals surface area contributed by atoms with Crippen LogP contribution in [0.15, 0.2) is 18.3 Å². The first-order valence-corrected chi connectivity index (χ1v) is 5.36. The minimum Gasteiger partial charge on any atom is -0.395 e. The van der Waals surface area contributed by atoms with Gasteiger partial charge in [-0.05, 0) is 18.6 Å². The Bertz CT molecular complexity index is 348. The molecule has 1 rings (SSSR count). The third-order valence-electron chi connectivity index (χ3n) is 2.25. The lowest BCUT2D eigenvalue weighted by Gasteiger charge is -2.24. The van der Waals surface area contributed by atoms with Crippen molar-refractivity contribution in [3.63, 3.8) is 0 Å². The molecule has 0 fully saturated rings. The van der Waals surface area contributed by atoms with E-state index in [2.05, 4.69) is 11.9 Å². The van der Waals surface area contributed by atoms with E-state index in [0.717, 1.165) is 18.7 Å². The molecule has 88 valence electrons. The number of anilines is 1. The Labute approximate surface area is 95.4 Å². The zero-order valence-corrected chi connectivity index (χ0v) is 9.48. The van der Waals surface area contributed by atoms with Crippen molar-refractivity contribution in [1.82, 2.24) is 4.98 Å². The van der Waals surface area contributed by atoms with Crippen molar-refractivity contribution in [3.8, 4) is 0 Å². The van der Waals surface area contributed by atoms with Crippen LogP contribution in [0.2, 0.25) is 0 Å². The minimum atomic E-state index is -0.0466. The maximum absolute atomic E-state index is 9.01. The van der Waals surface area contributed by atoms with E-state index in [1.807, 2.05) is 17.0 Å². The highest BCUT2D eigenvalue weighted by Crippen LogP contribution is 2.17. The molecule has 0 atom stereocenters. The van der Waals surface area contributed by atoms with Crippen LogP contribution < -0.4 is 10.6 Å². The number of hydrogen-bond acceptors (Lipinski definition) is 4. The van der Waals surface area contributed by atoms with Crippen molar-refractivity contribution < 1.29 is 5.11 Å². The average Bonchev–Trinajstić information content (AvgIpc) is 2.29. The number of aliphatic hydroxyl groups excluding tert-OH is 1. The number of aromatic nitrogens is 1. The van der Waals surface area contributed by atoms with Crippen LogP contribution in [-0.4, -0.2) is 35.6 Å². The van der Waals surface area contributed by atoms with Gasteiger partial charge in [-0.3, -0.25) is 10.4 Å². The highest BCUT2D eigenvalue weighted by atomic mass is 16.3. The third kappa shape index (κ3) is 2.93. The van der Waals surface area contributed by atoms with Crippen molar-refractivity contribution in [2.24, 2.45) is 5.73 Å². The molecule has 5 nitrogen and oxygen atoms in total. The molecule has 0 aliphatic carbocycles. The fourth-order valence-corrected chi connectivity index (χ4v) is 1.60. The second-order valence-corrected chi connectivity index (χ2v) is 3.50. The Morgan fingerprint density at radius 3 is 2.88 bits per heavy atom. The molecule has 1 aromatic heterocycles. The van der Waals surface area contributed by atoms with Crippen molar-refractivity contribution in [3.05, 3.63) is 24.0 Å². The number of nitrogens with one attached hydrogen (secondary N) is 1. The summed E-state index contributed by atoms with van der Waals surface area (Å²) in [5, 5.41) is 16.5. The number of rotatable bonds is 6. The molecule has 0 saturated heterocycles. The third-order valence-corrected chi connectivity index (χ3v) is 2.25. The lowest BCUT2D eigenvalue weighted by molar-refractivity contribution is 0.302. The van der Waals surface area contributed by atoms with Crippen LogP contribution in [-0.2, 0) is 0 Å². The molecule has 0 spiro atoms. The van der Waals surface area contributed by atoms with E-state index in [1.54, 1.807) is 6.20 Å². The Morgan fingerprint density at radius 2 is 2.31 bits per heavy atom. The van der Waals surface area contributed by atoms with Crippen LogP contribution in [0.3, 0.4) is 0 Å². The molecule has 0 aliphatic heterocycles. The predicted octanol–water partition coefficient (Wildman–Crippen LogP) is 0.574. The lowest BCUT2D eigenvalue weighted by Crippen LogP contribution is -2.30. The Morgan fingerprint density at radius 1 is 1.56 bits per heavy atom. The fraction of sp³-hybridized carbons (Fsp3) is 0.455. The second kappa shape index (κ2) is 6.07. The molecule has 0 aliphatic rings. The molecular formula is C11H18N4O. The number of nitrogens with two attached hydrogens (primary N) is 1. The van der Waals surface area contributed by atoms with E-state index in [4.69, 9.17) is 16.2 Å². The molecule has 0 aromatic carbocycles. The monoisotopic (exact) mass is 222 g/mol. The summed E-state index contributed by atoms with van der Waals surface area (Å²) in [6.45, 7) is 3.48. The van der Waals surface area contributed by atoms with Gasteiger partial charge in [-0.1, -0.05) is 6.92 Å². The highest BCUT2D eigenvalue weighted by Gasteiger charge is 2.12. The lowest BCUT2D eigenvalue weighted by atomic mass is 10.2. The predicted molar refractivity (Wildman–Crippen MR) is 64.8 cm³/mol. The van der Waals surface area contributed by atoms with Crippen LogP contribution in [0, 0.1) is 5.41 Å². The first kappa shape index (κ1) is 12.4. The maximum Gasteiger partial charge on any atom is 0.143 e. The summed E-state index contributed by atoms with van der Waals surface area (Å²) in [4.78, 5) is 6.08. The molecule has 1 aromatic rings. The van der Waals surface area contributed by atoms with Gasteiger partial charge in [0, 0.05) is 19.3 Å². The van der Waals surface area contributed by atoms with Gasteiger partial charge in [-0.25, -0.2) is 0 Å². The zero-order chi connectivity index (χ0) is 12.0. The van der Waals surface area contributed by atoms with E-state index >= 15 is 0 Å². The van der Waals surface area contributed by atoms with Gasteiger partial charge in [-0.2, -0.15) is 0 Å². The summed E-state index contributed by atoms with van der Waals surface area (Å²) in [6.07, 6.45) is 2.58. The number of pyridine rings is 1. The van der Waals surface area contributed by atoms with E-state index in [0.29, 0.717) is 12.2 Å². The number of aliphatic hydroxyl groups is 1. The molecule has 0 saturated carbocycles. The SMILES string of the molecule is CCCN(CCO)c1cccnc1C(=N)N. The summed E-state index contributed by atoms with van der Waals surface area (Å²) in [5.41, 5.74) is 6.76. The number of amidine groups is 1. The van der Waals surface area contributed by atoms with Crippen LogP contribution >= 0.6 is 0 Å². The Hall–Kier alpha value is -1.62. The van der Waals surface area contributed by atoms with Crippen molar-refractivity contribution in [2.45, 2.75) is 13.3 Å². The summed E-state index contributed by atoms with van der Waals surface area (Å²) in [7, 11) is 0. The standard InChI is InChI=1S/C11H18N4O/c1-2-6-15(7-8-16)9-4-3-5-14-10(9)11(12)13/h3-5,16H,2,6-8H2,1H3,(H3,12,13). The number of nitrogen functional groups attached to an aromatic ring is 1. The van der Waals surface area contributed by atoms with Crippen LogP contribution in [0.25, 0.3) is 0 Å². The van der Waals surface area contributed by atoms with E-state index in [9.17, 15) is 0 Å². The molecule has 1 heterocycles. The second-order valence-electron chi connectivity index (χ2n) is 3.50. The molecule has 16 heavy (non-hydrogen) atoms. The summed E-state index contributed by atoms with van der Waals surface area (Å²) in [5.74, 6) is -0.0466. The van der Waals surface area contributed by atoms with Gasteiger partial charge in [0.15, 0.2) is 0 Å². The smallest absolute Gasteiger partial charge is 0.143 e. The van der Waals surface area contributed by atoms with Gasteiger partial charge in [0.05, 0.1) is 12.3 Å². The average molecular weight is 222 g/mol. The topological polar surface area (TPSA) is 86.2 Å². The van der Waals surface area contributed by atoms with Gasteiger partial charge in [0.2, 0.25) is 0 Å². The summed E-state index contributed by atoms with van der Waals surface area (Å²) >= 11 is 0. The van der Waals surface area contributed by atoms with Gasteiger partial charge in [0.1, 0.15) is 11.5 Å². The van der Waals surface area contributed by atoms with Gasteiger partial charge in [0.25, 0.3) is 0 Å². The first-order chi connectivity index (χ1) is 7.70. The van der Waals surface area contributed by atoms with E-state index < -0.39 is 0 Å². The largest absolute Gasteiger partial charge is 0.395 e. The molecule has 0 unspecified atom stereocenters. The van der Waals surface area contributed by atoms with Crippen LogP contribution in [0.4, 0.5) is 5.69 Å². The summed E-state index contributed by atoms with van der Waals surface area (Å²) in [6, 6.07) is 3.68. The van der Waals surface area contributed by atoms with E-state index in [1.165, 1.54) is 0 Å². The molecule has 0 amide bonds. The molecule has 5 heteroatoms. The molecule has 0 radical (unpaired) electrons. The van der Waals surface area contributed by atoms with E-state index in [-0.39, 0.29) is 12.4 Å². The van der Waals surface area contributed by atoms with Crippen LogP contribution in [0.5, 0.6) is 0 Å². The quantitative estimate of drug-likeness (QED) is 0.485. The zero-order valence-electron chi connectivity index (χ0n) is 9.48. The first-order valence-electron chi connectivity index (χ1n) is 5.36. The van der Waals surface area contributed by atoms with Crippen molar-refractivity contribution in [1.29, 1.82) is 5.41 Å². The normalized spacial score (nSPS) is 10.1. The number of nitrogens with zero attached hydrogens (tertiary/aromatic N) is 2. The number of hydrogen-bond donors (Lipinski definition) is 3. The van der Waals surface area contributed by atoms with Gasteiger partial charge < -0.3 is 15.7 Å². The minimum absolute atomic E-state index is 0.0466. The maximum atomic E-state index is 9.01. The van der Waals surface area contributed by atoms with Crippen molar-refractivity contribution in [2.75, 3.05) is 24.6 Å². The summed E-state index contributed by atoms with van der Waals surface area (Å²) < 4.78 is 0. The molecule has 0 bridgehead atoms. The molecular weight excluding hydrogens is 204 g/mol. The highest BCUT2D eigenvalue weighted by molar-refractivity contribution is 5.98. The van der Waals surface area contributed by atoms with Crippen LogP contribution in [0.1, 0.15) is 19.0 Å².